The van der Waals surface area contributed by atoms with Gasteiger partial charge in [-0.3, -0.25) is 9.59 Å². The molecular formula is C14H16ClNO3. The van der Waals surface area contributed by atoms with Gasteiger partial charge in [-0.15, -0.1) is 0 Å². The van der Waals surface area contributed by atoms with Gasteiger partial charge in [-0.2, -0.15) is 0 Å². The first kappa shape index (κ1) is 13.9. The zero-order chi connectivity index (χ0) is 14.4. The molecule has 0 aliphatic heterocycles. The van der Waals surface area contributed by atoms with E-state index in [0.717, 1.165) is 5.56 Å². The van der Waals surface area contributed by atoms with Crippen molar-refractivity contribution in [2.75, 3.05) is 5.32 Å². The van der Waals surface area contributed by atoms with E-state index in [-0.39, 0.29) is 5.91 Å². The second-order valence-electron chi connectivity index (χ2n) is 5.52. The van der Waals surface area contributed by atoms with Gasteiger partial charge in [-0.25, -0.2) is 0 Å². The molecule has 5 heteroatoms. The highest BCUT2D eigenvalue weighted by Gasteiger charge is 2.65. The average Bonchev–Trinajstić information content (AvgIpc) is 2.88. The van der Waals surface area contributed by atoms with Crippen molar-refractivity contribution < 1.29 is 14.7 Å². The van der Waals surface area contributed by atoms with Gasteiger partial charge in [0.2, 0.25) is 5.91 Å². The van der Waals surface area contributed by atoms with E-state index in [2.05, 4.69) is 5.32 Å². The van der Waals surface area contributed by atoms with Crippen molar-refractivity contribution in [3.63, 3.8) is 0 Å². The van der Waals surface area contributed by atoms with Gasteiger partial charge >= 0.3 is 5.97 Å². The van der Waals surface area contributed by atoms with Crippen molar-refractivity contribution in [1.29, 1.82) is 0 Å². The van der Waals surface area contributed by atoms with E-state index in [0.29, 0.717) is 10.7 Å². The highest BCUT2D eigenvalue weighted by molar-refractivity contribution is 6.31. The second kappa shape index (κ2) is 4.53. The van der Waals surface area contributed by atoms with Crippen molar-refractivity contribution in [1.82, 2.24) is 0 Å². The van der Waals surface area contributed by atoms with Crippen LogP contribution in [0, 0.1) is 24.2 Å². The number of rotatable bonds is 3. The Bertz CT molecular complexity index is 554. The number of amides is 1. The molecular weight excluding hydrogens is 266 g/mol. The normalized spacial score (nSPS) is 23.8. The highest BCUT2D eigenvalue weighted by atomic mass is 35.5. The van der Waals surface area contributed by atoms with E-state index in [1.807, 2.05) is 6.92 Å². The molecule has 2 rings (SSSR count). The van der Waals surface area contributed by atoms with Crippen LogP contribution in [-0.4, -0.2) is 17.0 Å². The number of carboxylic acids is 1. The predicted molar refractivity (Wildman–Crippen MR) is 73.2 cm³/mol. The van der Waals surface area contributed by atoms with Gasteiger partial charge in [-0.05, 0) is 30.0 Å². The summed E-state index contributed by atoms with van der Waals surface area (Å²) in [5, 5.41) is 12.4. The van der Waals surface area contributed by atoms with Gasteiger partial charge in [0.1, 0.15) is 0 Å². The number of carbonyl (C=O) groups is 2. The maximum absolute atomic E-state index is 12.2. The van der Waals surface area contributed by atoms with Gasteiger partial charge in [-0.1, -0.05) is 31.5 Å². The van der Waals surface area contributed by atoms with Crippen molar-refractivity contribution in [3.8, 4) is 0 Å². The molecule has 0 bridgehead atoms. The number of hydrogen-bond donors (Lipinski definition) is 2. The molecule has 4 nitrogen and oxygen atoms in total. The topological polar surface area (TPSA) is 66.4 Å². The van der Waals surface area contributed by atoms with E-state index >= 15 is 0 Å². The minimum Gasteiger partial charge on any atom is -0.481 e. The van der Waals surface area contributed by atoms with Crippen LogP contribution in [0.5, 0.6) is 0 Å². The molecule has 1 aromatic rings. The summed E-state index contributed by atoms with van der Waals surface area (Å²) in [5.41, 5.74) is 0.912. The molecule has 19 heavy (non-hydrogen) atoms. The third-order valence-electron chi connectivity index (χ3n) is 3.90. The van der Waals surface area contributed by atoms with E-state index < -0.39 is 23.2 Å². The summed E-state index contributed by atoms with van der Waals surface area (Å²) in [7, 11) is 0. The number of hydrogen-bond acceptors (Lipinski definition) is 2. The Hall–Kier alpha value is -1.55. The molecule has 2 N–H and O–H groups in total. The molecule has 0 saturated heterocycles. The number of carboxylic acid groups (broad SMARTS) is 1. The monoisotopic (exact) mass is 281 g/mol. The Kier molecular flexibility index (Phi) is 3.31. The molecule has 0 aromatic heterocycles. The second-order valence-corrected chi connectivity index (χ2v) is 5.92. The number of benzene rings is 1. The number of carbonyl (C=O) groups excluding carboxylic acids is 1. The lowest BCUT2D eigenvalue weighted by Gasteiger charge is -2.10. The van der Waals surface area contributed by atoms with Gasteiger partial charge < -0.3 is 10.4 Å². The smallest absolute Gasteiger partial charge is 0.307 e. The molecule has 1 amide bonds. The summed E-state index contributed by atoms with van der Waals surface area (Å²) in [5.74, 6) is -2.30. The zero-order valence-electron chi connectivity index (χ0n) is 11.0. The van der Waals surface area contributed by atoms with Gasteiger partial charge in [0.15, 0.2) is 0 Å². The quantitative estimate of drug-likeness (QED) is 0.895. The maximum atomic E-state index is 12.2. The molecule has 0 spiro atoms. The van der Waals surface area contributed by atoms with Gasteiger partial charge in [0, 0.05) is 10.7 Å². The van der Waals surface area contributed by atoms with Crippen LogP contribution >= 0.6 is 11.6 Å². The van der Waals surface area contributed by atoms with E-state index in [1.165, 1.54) is 0 Å². The molecule has 0 heterocycles. The van der Waals surface area contributed by atoms with Crippen LogP contribution in [0.3, 0.4) is 0 Å². The first-order valence-corrected chi connectivity index (χ1v) is 6.43. The summed E-state index contributed by atoms with van der Waals surface area (Å²) in [4.78, 5) is 23.2. The summed E-state index contributed by atoms with van der Waals surface area (Å²) >= 11 is 5.98. The predicted octanol–water partition coefficient (Wildman–Crippen LogP) is 2.94. The summed E-state index contributed by atoms with van der Waals surface area (Å²) < 4.78 is 0. The summed E-state index contributed by atoms with van der Waals surface area (Å²) in [6.07, 6.45) is 0. The Labute approximate surface area is 116 Å². The van der Waals surface area contributed by atoms with E-state index in [9.17, 15) is 9.59 Å². The molecule has 1 saturated carbocycles. The fourth-order valence-electron chi connectivity index (χ4n) is 2.54. The van der Waals surface area contributed by atoms with Crippen molar-refractivity contribution in [2.24, 2.45) is 17.3 Å². The SMILES string of the molecule is Cc1c(Cl)cccc1NC(=O)[C@@H]1[C@H](C(=O)O)C1(C)C. The number of aliphatic carboxylic acids is 1. The molecule has 1 fully saturated rings. The highest BCUT2D eigenvalue weighted by Crippen LogP contribution is 2.58. The molecule has 2 atom stereocenters. The van der Waals surface area contributed by atoms with Crippen LogP contribution in [0.15, 0.2) is 18.2 Å². The van der Waals surface area contributed by atoms with Crippen LogP contribution in [0.2, 0.25) is 5.02 Å². The van der Waals surface area contributed by atoms with Crippen LogP contribution in [0.4, 0.5) is 5.69 Å². The Morgan fingerprint density at radius 2 is 1.95 bits per heavy atom. The number of anilines is 1. The first-order chi connectivity index (χ1) is 8.76. The Morgan fingerprint density at radius 1 is 1.32 bits per heavy atom. The third-order valence-corrected chi connectivity index (χ3v) is 4.31. The molecule has 102 valence electrons. The van der Waals surface area contributed by atoms with Crippen LogP contribution in [-0.2, 0) is 9.59 Å². The molecule has 1 aliphatic carbocycles. The van der Waals surface area contributed by atoms with E-state index in [4.69, 9.17) is 16.7 Å². The molecule has 0 radical (unpaired) electrons. The van der Waals surface area contributed by atoms with Crippen molar-refractivity contribution in [2.45, 2.75) is 20.8 Å². The van der Waals surface area contributed by atoms with Crippen LogP contribution < -0.4 is 5.32 Å². The lowest BCUT2D eigenvalue weighted by Crippen LogP contribution is -2.18. The lowest BCUT2D eigenvalue weighted by molar-refractivity contribution is -0.140. The standard InChI is InChI=1S/C14H16ClNO3/c1-7-8(15)5-4-6-9(7)16-12(17)10-11(13(18)19)14(10,2)3/h4-6,10-11H,1-3H3,(H,16,17)(H,18,19)/t10-,11+/m0/s1. The zero-order valence-corrected chi connectivity index (χ0v) is 11.8. The van der Waals surface area contributed by atoms with Gasteiger partial charge in [0.05, 0.1) is 11.8 Å². The Morgan fingerprint density at radius 3 is 2.47 bits per heavy atom. The lowest BCUT2D eigenvalue weighted by atomic mass is 10.1. The number of nitrogens with one attached hydrogen (secondary N) is 1. The van der Waals surface area contributed by atoms with Crippen molar-refractivity contribution in [3.05, 3.63) is 28.8 Å². The largest absolute Gasteiger partial charge is 0.481 e. The fraction of sp³-hybridized carbons (Fsp3) is 0.429. The van der Waals surface area contributed by atoms with Gasteiger partial charge in [0.25, 0.3) is 0 Å². The van der Waals surface area contributed by atoms with Crippen molar-refractivity contribution >= 4 is 29.2 Å². The summed E-state index contributed by atoms with van der Waals surface area (Å²) in [6, 6.07) is 5.25. The average molecular weight is 282 g/mol. The van der Waals surface area contributed by atoms with Crippen LogP contribution in [0.25, 0.3) is 0 Å². The molecule has 1 aromatic carbocycles. The molecule has 0 unspecified atom stereocenters. The Balaban J connectivity index is 2.15. The molecule has 1 aliphatic rings. The third kappa shape index (κ3) is 2.32. The number of halogens is 1. The minimum absolute atomic E-state index is 0.261. The first-order valence-electron chi connectivity index (χ1n) is 6.05. The summed E-state index contributed by atoms with van der Waals surface area (Å²) in [6.45, 7) is 5.40. The van der Waals surface area contributed by atoms with Crippen LogP contribution in [0.1, 0.15) is 19.4 Å². The maximum Gasteiger partial charge on any atom is 0.307 e. The van der Waals surface area contributed by atoms with E-state index in [1.54, 1.807) is 32.0 Å². The fourth-order valence-corrected chi connectivity index (χ4v) is 2.72. The minimum atomic E-state index is -0.923.